The molecule has 144 valence electrons. The van der Waals surface area contributed by atoms with E-state index in [4.69, 9.17) is 14.8 Å². The van der Waals surface area contributed by atoms with Crippen molar-refractivity contribution in [2.45, 2.75) is 31.8 Å². The van der Waals surface area contributed by atoms with Crippen LogP contribution >= 0.6 is 0 Å². The Hall–Kier alpha value is -2.52. The zero-order chi connectivity index (χ0) is 20.0. The maximum Gasteiger partial charge on any atom is 0.262 e. The molecule has 27 heavy (non-hydrogen) atoms. The summed E-state index contributed by atoms with van der Waals surface area (Å²) >= 11 is 0. The number of hydrogen-bond donors (Lipinski definition) is 3. The largest absolute Gasteiger partial charge is 0.394 e. The van der Waals surface area contributed by atoms with Crippen LogP contribution in [0.1, 0.15) is 19.6 Å². The number of hydrogen-bond acceptors (Lipinski definition) is 6. The van der Waals surface area contributed by atoms with Gasteiger partial charge < -0.3 is 14.8 Å². The number of benzene rings is 2. The van der Waals surface area contributed by atoms with Crippen molar-refractivity contribution in [3.05, 3.63) is 60.4 Å². The Morgan fingerprint density at radius 2 is 1.56 bits per heavy atom. The van der Waals surface area contributed by atoms with Gasteiger partial charge in [0.1, 0.15) is 11.5 Å². The zero-order valence-electron chi connectivity index (χ0n) is 15.2. The average Bonchev–Trinajstić information content (AvgIpc) is 3.03. The second kappa shape index (κ2) is 8.92. The Bertz CT molecular complexity index is 962. The van der Waals surface area contributed by atoms with Crippen LogP contribution in [0.15, 0.2) is 64.0 Å². The lowest BCUT2D eigenvalue weighted by Gasteiger charge is -2.05. The average molecular weight is 390 g/mol. The number of nitrogens with one attached hydrogen (secondary N) is 1. The van der Waals surface area contributed by atoms with E-state index in [2.05, 4.69) is 5.16 Å². The zero-order valence-corrected chi connectivity index (χ0v) is 16.1. The molecule has 0 saturated heterocycles. The first kappa shape index (κ1) is 20.8. The van der Waals surface area contributed by atoms with Crippen molar-refractivity contribution >= 4 is 10.0 Å². The van der Waals surface area contributed by atoms with Gasteiger partial charge in [-0.2, -0.15) is 0 Å². The predicted molar refractivity (Wildman–Crippen MR) is 102 cm³/mol. The summed E-state index contributed by atoms with van der Waals surface area (Å²) in [5, 5.41) is 20.8. The second-order valence-electron chi connectivity index (χ2n) is 6.04. The molecule has 0 fully saturated rings. The van der Waals surface area contributed by atoms with Crippen molar-refractivity contribution in [1.82, 2.24) is 10.0 Å². The fourth-order valence-corrected chi connectivity index (χ4v) is 2.96. The van der Waals surface area contributed by atoms with Crippen molar-refractivity contribution in [1.29, 1.82) is 0 Å². The van der Waals surface area contributed by atoms with Crippen LogP contribution in [0.3, 0.4) is 0 Å². The minimum absolute atomic E-state index is 0.0286. The smallest absolute Gasteiger partial charge is 0.262 e. The third-order valence-electron chi connectivity index (χ3n) is 3.48. The normalized spacial score (nSPS) is 11.2. The van der Waals surface area contributed by atoms with Gasteiger partial charge in [0.2, 0.25) is 0 Å². The van der Waals surface area contributed by atoms with Gasteiger partial charge in [-0.3, -0.25) is 0 Å². The summed E-state index contributed by atoms with van der Waals surface area (Å²) in [5.74, 6) is 0.639. The monoisotopic (exact) mass is 390 g/mol. The Labute approximate surface area is 158 Å². The highest BCUT2D eigenvalue weighted by Crippen LogP contribution is 2.34. The summed E-state index contributed by atoms with van der Waals surface area (Å²) in [5.41, 5.74) is 3.18. The molecule has 3 N–H and O–H groups in total. The van der Waals surface area contributed by atoms with Crippen LogP contribution in [0.2, 0.25) is 0 Å². The number of aliphatic hydroxyl groups excluding tert-OH is 1. The number of aromatic nitrogens is 1. The summed E-state index contributed by atoms with van der Waals surface area (Å²) < 4.78 is 28.4. The molecule has 0 aliphatic heterocycles. The van der Waals surface area contributed by atoms with E-state index in [0.29, 0.717) is 11.5 Å². The van der Waals surface area contributed by atoms with Gasteiger partial charge in [0, 0.05) is 11.7 Å². The van der Waals surface area contributed by atoms with Gasteiger partial charge in [0.15, 0.2) is 0 Å². The summed E-state index contributed by atoms with van der Waals surface area (Å²) in [4.78, 5) is 1.27. The Morgan fingerprint density at radius 1 is 1.00 bits per heavy atom. The van der Waals surface area contributed by atoms with Gasteiger partial charge in [0.25, 0.3) is 10.0 Å². The van der Waals surface area contributed by atoms with E-state index < -0.39 is 10.0 Å². The van der Waals surface area contributed by atoms with E-state index in [9.17, 15) is 8.42 Å². The maximum atomic E-state index is 11.6. The summed E-state index contributed by atoms with van der Waals surface area (Å²) in [7, 11) is -3.89. The molecule has 0 atom stereocenters. The van der Waals surface area contributed by atoms with E-state index in [1.54, 1.807) is 32.9 Å². The highest BCUT2D eigenvalue weighted by molar-refractivity contribution is 7.89. The topological polar surface area (TPSA) is 113 Å². The van der Waals surface area contributed by atoms with E-state index in [0.717, 1.165) is 16.7 Å². The molecule has 0 spiro atoms. The molecule has 3 aromatic rings. The van der Waals surface area contributed by atoms with Crippen LogP contribution in [0.5, 0.6) is 0 Å². The third kappa shape index (κ3) is 5.24. The molecule has 2 aromatic carbocycles. The SMILES string of the molecule is CC(C)O.Cc1onc(-c2ccccc2)c1-c1ccc(S(=O)(=O)NO)cc1. The molecule has 0 radical (unpaired) electrons. The van der Waals surface area contributed by atoms with Gasteiger partial charge in [-0.1, -0.05) is 52.5 Å². The first-order valence-corrected chi connectivity index (χ1v) is 9.70. The predicted octanol–water partition coefficient (Wildman–Crippen LogP) is 3.37. The summed E-state index contributed by atoms with van der Waals surface area (Å²) in [6.07, 6.45) is -0.167. The van der Waals surface area contributed by atoms with Gasteiger partial charge in [0.05, 0.1) is 10.5 Å². The minimum Gasteiger partial charge on any atom is -0.394 e. The lowest BCUT2D eigenvalue weighted by molar-refractivity contribution is 0.216. The lowest BCUT2D eigenvalue weighted by Crippen LogP contribution is -2.19. The molecule has 1 aromatic heterocycles. The molecular formula is C19H22N2O5S. The van der Waals surface area contributed by atoms with Gasteiger partial charge >= 0.3 is 0 Å². The van der Waals surface area contributed by atoms with Crippen LogP contribution in [0, 0.1) is 6.92 Å². The van der Waals surface area contributed by atoms with Gasteiger partial charge in [-0.05, 0) is 38.5 Å². The number of aliphatic hydroxyl groups is 1. The lowest BCUT2D eigenvalue weighted by atomic mass is 10.00. The van der Waals surface area contributed by atoms with E-state index >= 15 is 0 Å². The number of aryl methyl sites for hydroxylation is 1. The van der Waals surface area contributed by atoms with E-state index in [1.165, 1.54) is 17.0 Å². The molecular weight excluding hydrogens is 368 g/mol. The molecule has 0 unspecified atom stereocenters. The van der Waals surface area contributed by atoms with Crippen LogP contribution in [0.25, 0.3) is 22.4 Å². The Balaban J connectivity index is 0.000000596. The molecule has 1 heterocycles. The number of rotatable bonds is 4. The summed E-state index contributed by atoms with van der Waals surface area (Å²) in [6, 6.07) is 15.7. The van der Waals surface area contributed by atoms with Crippen molar-refractivity contribution in [2.75, 3.05) is 0 Å². The quantitative estimate of drug-likeness (QED) is 0.589. The third-order valence-corrected chi connectivity index (χ3v) is 4.62. The highest BCUT2D eigenvalue weighted by Gasteiger charge is 2.18. The van der Waals surface area contributed by atoms with Crippen molar-refractivity contribution < 1.29 is 23.3 Å². The molecule has 3 rings (SSSR count). The van der Waals surface area contributed by atoms with Gasteiger partial charge in [-0.15, -0.1) is 0 Å². The summed E-state index contributed by atoms with van der Waals surface area (Å²) in [6.45, 7) is 5.24. The first-order valence-electron chi connectivity index (χ1n) is 8.22. The molecule has 7 nitrogen and oxygen atoms in total. The fourth-order valence-electron chi connectivity index (χ4n) is 2.36. The van der Waals surface area contributed by atoms with Crippen molar-refractivity contribution in [3.8, 4) is 22.4 Å². The minimum atomic E-state index is -3.89. The van der Waals surface area contributed by atoms with Crippen LogP contribution in [0.4, 0.5) is 0 Å². The van der Waals surface area contributed by atoms with Crippen LogP contribution < -0.4 is 4.89 Å². The van der Waals surface area contributed by atoms with E-state index in [1.807, 2.05) is 30.3 Å². The van der Waals surface area contributed by atoms with E-state index in [-0.39, 0.29) is 11.0 Å². The highest BCUT2D eigenvalue weighted by atomic mass is 32.2. The standard InChI is InChI=1S/C16H14N2O4S.C3H8O/c1-11-15(16(17-22-11)13-5-3-2-4-6-13)12-7-9-14(10-8-12)23(20,21)18-19;1-3(2)4/h2-10,18-19H,1H3;3-4H,1-2H3. The molecule has 0 aliphatic carbocycles. The van der Waals surface area contributed by atoms with Crippen molar-refractivity contribution in [3.63, 3.8) is 0 Å². The van der Waals surface area contributed by atoms with Gasteiger partial charge in [-0.25, -0.2) is 8.42 Å². The van der Waals surface area contributed by atoms with Crippen LogP contribution in [-0.2, 0) is 10.0 Å². The molecule has 0 amide bonds. The van der Waals surface area contributed by atoms with Crippen molar-refractivity contribution in [2.24, 2.45) is 0 Å². The molecule has 0 bridgehead atoms. The second-order valence-corrected chi connectivity index (χ2v) is 7.70. The Kier molecular flexibility index (Phi) is 6.86. The molecule has 8 heteroatoms. The fraction of sp³-hybridized carbons (Fsp3) is 0.211. The molecule has 0 aliphatic rings. The number of nitrogens with zero attached hydrogens (tertiary/aromatic N) is 1. The van der Waals surface area contributed by atoms with Crippen LogP contribution in [-0.4, -0.2) is 30.0 Å². The maximum absolute atomic E-state index is 11.6. The molecule has 0 saturated carbocycles. The Morgan fingerprint density at radius 3 is 2.07 bits per heavy atom. The first-order chi connectivity index (χ1) is 12.8. The number of sulfonamides is 1.